The first-order valence-electron chi connectivity index (χ1n) is 4.62. The Hall–Kier alpha value is -0.900. The summed E-state index contributed by atoms with van der Waals surface area (Å²) in [4.78, 5) is 21.8. The Bertz CT molecular complexity index is 209. The summed E-state index contributed by atoms with van der Waals surface area (Å²) < 4.78 is 0. The van der Waals surface area contributed by atoms with Crippen LogP contribution >= 0.6 is 0 Å². The van der Waals surface area contributed by atoms with Crippen molar-refractivity contribution in [1.29, 1.82) is 0 Å². The molecule has 1 atom stereocenters. The molecule has 4 heteroatoms. The summed E-state index contributed by atoms with van der Waals surface area (Å²) in [6, 6.07) is -0.805. The van der Waals surface area contributed by atoms with Crippen molar-refractivity contribution in [2.75, 3.05) is 0 Å². The molecule has 13 heavy (non-hydrogen) atoms. The van der Waals surface area contributed by atoms with E-state index in [1.807, 2.05) is 0 Å². The molecule has 74 valence electrons. The molecule has 0 amide bonds. The highest BCUT2D eigenvalue weighted by molar-refractivity contribution is 5.89. The van der Waals surface area contributed by atoms with E-state index in [0.29, 0.717) is 0 Å². The molecular formula is C9H15NO3. The van der Waals surface area contributed by atoms with Crippen molar-refractivity contribution in [2.24, 2.45) is 11.7 Å². The van der Waals surface area contributed by atoms with E-state index in [2.05, 4.69) is 0 Å². The predicted octanol–water partition coefficient (Wildman–Crippen LogP) is 0.548. The Morgan fingerprint density at radius 3 is 2.38 bits per heavy atom. The highest BCUT2D eigenvalue weighted by Gasteiger charge is 2.28. The second-order valence-corrected chi connectivity index (χ2v) is 3.59. The maximum atomic E-state index is 11.5. The highest BCUT2D eigenvalue weighted by Crippen LogP contribution is 2.26. The number of carbonyl (C=O) groups is 2. The molecule has 0 radical (unpaired) electrons. The van der Waals surface area contributed by atoms with Gasteiger partial charge in [0.15, 0.2) is 5.78 Å². The topological polar surface area (TPSA) is 80.4 Å². The molecule has 1 saturated carbocycles. The summed E-state index contributed by atoms with van der Waals surface area (Å²) in [5, 5.41) is 8.44. The fourth-order valence-electron chi connectivity index (χ4n) is 1.80. The van der Waals surface area contributed by atoms with E-state index in [1.165, 1.54) is 0 Å². The van der Waals surface area contributed by atoms with Crippen LogP contribution in [0, 0.1) is 5.92 Å². The van der Waals surface area contributed by atoms with Crippen LogP contribution in [0.2, 0.25) is 0 Å². The molecule has 0 bridgehead atoms. The van der Waals surface area contributed by atoms with Crippen LogP contribution in [0.25, 0.3) is 0 Å². The van der Waals surface area contributed by atoms with E-state index in [1.54, 1.807) is 0 Å². The molecule has 0 heterocycles. The quantitative estimate of drug-likeness (QED) is 0.670. The molecule has 1 rings (SSSR count). The first-order chi connectivity index (χ1) is 6.11. The number of hydrogen-bond donors (Lipinski definition) is 2. The Morgan fingerprint density at radius 1 is 1.38 bits per heavy atom. The van der Waals surface area contributed by atoms with E-state index in [9.17, 15) is 9.59 Å². The van der Waals surface area contributed by atoms with E-state index in [4.69, 9.17) is 10.8 Å². The third kappa shape index (κ3) is 2.81. The SMILES string of the molecule is NC(CC(=O)O)C(=O)C1CCCC1. The van der Waals surface area contributed by atoms with Crippen LogP contribution in [0.3, 0.4) is 0 Å². The number of nitrogens with two attached hydrogens (primary N) is 1. The van der Waals surface area contributed by atoms with Gasteiger partial charge in [0, 0.05) is 5.92 Å². The third-order valence-corrected chi connectivity index (χ3v) is 2.52. The first kappa shape index (κ1) is 10.2. The normalized spacial score (nSPS) is 20.1. The van der Waals surface area contributed by atoms with Crippen molar-refractivity contribution in [1.82, 2.24) is 0 Å². The van der Waals surface area contributed by atoms with Crippen LogP contribution < -0.4 is 5.73 Å². The molecule has 0 spiro atoms. The molecule has 1 unspecified atom stereocenters. The summed E-state index contributed by atoms with van der Waals surface area (Å²) in [5.74, 6) is -1.05. The Labute approximate surface area is 77.1 Å². The zero-order valence-corrected chi connectivity index (χ0v) is 7.53. The summed E-state index contributed by atoms with van der Waals surface area (Å²) in [6.45, 7) is 0. The van der Waals surface area contributed by atoms with Crippen LogP contribution in [-0.2, 0) is 9.59 Å². The number of carboxylic acid groups (broad SMARTS) is 1. The second-order valence-electron chi connectivity index (χ2n) is 3.59. The molecular weight excluding hydrogens is 170 g/mol. The molecule has 0 aromatic heterocycles. The van der Waals surface area contributed by atoms with Crippen LogP contribution in [0.15, 0.2) is 0 Å². The van der Waals surface area contributed by atoms with E-state index >= 15 is 0 Å². The lowest BCUT2D eigenvalue weighted by Gasteiger charge is -2.12. The molecule has 1 fully saturated rings. The fourth-order valence-corrected chi connectivity index (χ4v) is 1.80. The van der Waals surface area contributed by atoms with Gasteiger partial charge in [-0.1, -0.05) is 12.8 Å². The van der Waals surface area contributed by atoms with Gasteiger partial charge in [0.05, 0.1) is 12.5 Å². The summed E-state index contributed by atoms with van der Waals surface area (Å²) in [7, 11) is 0. The fraction of sp³-hybridized carbons (Fsp3) is 0.778. The maximum absolute atomic E-state index is 11.5. The lowest BCUT2D eigenvalue weighted by Crippen LogP contribution is -2.36. The predicted molar refractivity (Wildman–Crippen MR) is 47.2 cm³/mol. The molecule has 0 saturated heterocycles. The van der Waals surface area contributed by atoms with Crippen molar-refractivity contribution in [2.45, 2.75) is 38.1 Å². The summed E-state index contributed by atoms with van der Waals surface area (Å²) in [6.07, 6.45) is 3.65. The minimum Gasteiger partial charge on any atom is -0.481 e. The molecule has 0 aliphatic heterocycles. The number of carboxylic acids is 1. The average Bonchev–Trinajstić information content (AvgIpc) is 2.53. The monoisotopic (exact) mass is 185 g/mol. The molecule has 0 aromatic rings. The lowest BCUT2D eigenvalue weighted by molar-refractivity contribution is -0.139. The molecule has 3 N–H and O–H groups in total. The number of Topliss-reactive ketones (excluding diaryl/α,β-unsaturated/α-hetero) is 1. The molecule has 0 aromatic carbocycles. The van der Waals surface area contributed by atoms with Gasteiger partial charge >= 0.3 is 5.97 Å². The lowest BCUT2D eigenvalue weighted by atomic mass is 9.95. The van der Waals surface area contributed by atoms with Crippen molar-refractivity contribution in [3.8, 4) is 0 Å². The van der Waals surface area contributed by atoms with Gasteiger partial charge < -0.3 is 10.8 Å². The third-order valence-electron chi connectivity index (χ3n) is 2.52. The number of ketones is 1. The maximum Gasteiger partial charge on any atom is 0.305 e. The van der Waals surface area contributed by atoms with Crippen molar-refractivity contribution in [3.05, 3.63) is 0 Å². The first-order valence-corrected chi connectivity index (χ1v) is 4.62. The van der Waals surface area contributed by atoms with Gasteiger partial charge in [-0.05, 0) is 12.8 Å². The van der Waals surface area contributed by atoms with E-state index in [0.717, 1.165) is 25.7 Å². The Kier molecular flexibility index (Phi) is 3.42. The minimum atomic E-state index is -1.00. The standard InChI is InChI=1S/C9H15NO3/c10-7(5-8(11)12)9(13)6-3-1-2-4-6/h6-7H,1-5,10H2,(H,11,12). The molecule has 1 aliphatic rings. The van der Waals surface area contributed by atoms with Gasteiger partial charge in [0.25, 0.3) is 0 Å². The highest BCUT2D eigenvalue weighted by atomic mass is 16.4. The van der Waals surface area contributed by atoms with E-state index < -0.39 is 12.0 Å². The summed E-state index contributed by atoms with van der Waals surface area (Å²) in [5.41, 5.74) is 5.47. The minimum absolute atomic E-state index is 0.0225. The van der Waals surface area contributed by atoms with Crippen molar-refractivity contribution >= 4 is 11.8 Å². The number of rotatable bonds is 4. The number of aliphatic carboxylic acids is 1. The van der Waals surface area contributed by atoms with Crippen LogP contribution in [0.5, 0.6) is 0 Å². The average molecular weight is 185 g/mol. The van der Waals surface area contributed by atoms with Crippen LogP contribution in [0.4, 0.5) is 0 Å². The van der Waals surface area contributed by atoms with Crippen LogP contribution in [0.1, 0.15) is 32.1 Å². The van der Waals surface area contributed by atoms with Gasteiger partial charge in [0.2, 0.25) is 0 Å². The number of hydrogen-bond acceptors (Lipinski definition) is 3. The van der Waals surface area contributed by atoms with Crippen LogP contribution in [-0.4, -0.2) is 22.9 Å². The molecule has 1 aliphatic carbocycles. The molecule has 4 nitrogen and oxygen atoms in total. The second kappa shape index (κ2) is 4.37. The zero-order valence-electron chi connectivity index (χ0n) is 7.53. The summed E-state index contributed by atoms with van der Waals surface area (Å²) >= 11 is 0. The Balaban J connectivity index is 2.41. The van der Waals surface area contributed by atoms with Gasteiger partial charge in [-0.25, -0.2) is 0 Å². The van der Waals surface area contributed by atoms with Gasteiger partial charge in [-0.2, -0.15) is 0 Å². The Morgan fingerprint density at radius 2 is 1.92 bits per heavy atom. The van der Waals surface area contributed by atoms with Crippen molar-refractivity contribution < 1.29 is 14.7 Å². The van der Waals surface area contributed by atoms with Crippen molar-refractivity contribution in [3.63, 3.8) is 0 Å². The largest absolute Gasteiger partial charge is 0.481 e. The number of carbonyl (C=O) groups excluding carboxylic acids is 1. The van der Waals surface area contributed by atoms with E-state index in [-0.39, 0.29) is 18.1 Å². The van der Waals surface area contributed by atoms with Gasteiger partial charge in [-0.3, -0.25) is 9.59 Å². The van der Waals surface area contributed by atoms with Gasteiger partial charge in [0.1, 0.15) is 0 Å². The smallest absolute Gasteiger partial charge is 0.305 e. The van der Waals surface area contributed by atoms with Gasteiger partial charge in [-0.15, -0.1) is 0 Å². The zero-order chi connectivity index (χ0) is 9.84.